The van der Waals surface area contributed by atoms with Gasteiger partial charge in [-0.25, -0.2) is 4.98 Å². The summed E-state index contributed by atoms with van der Waals surface area (Å²) >= 11 is 3.25. The first-order valence-electron chi connectivity index (χ1n) is 7.34. The number of rotatable bonds is 2. The smallest absolute Gasteiger partial charge is 0.312 e. The molecule has 1 atom stereocenters. The van der Waals surface area contributed by atoms with E-state index in [2.05, 4.69) is 46.6 Å². The van der Waals surface area contributed by atoms with Crippen molar-refractivity contribution in [3.8, 4) is 0 Å². The molecular formula is C15H22BrN3O2. The number of anilines is 1. The maximum Gasteiger partial charge on any atom is 0.312 e. The monoisotopic (exact) mass is 355 g/mol. The van der Waals surface area contributed by atoms with E-state index in [0.29, 0.717) is 16.2 Å². The first kappa shape index (κ1) is 16.2. The van der Waals surface area contributed by atoms with Gasteiger partial charge in [0.05, 0.1) is 4.92 Å². The third kappa shape index (κ3) is 3.93. The minimum atomic E-state index is -0.348. The van der Waals surface area contributed by atoms with Crippen molar-refractivity contribution < 1.29 is 4.92 Å². The average Bonchev–Trinajstić information content (AvgIpc) is 2.63. The molecule has 2 rings (SSSR count). The van der Waals surface area contributed by atoms with Crippen molar-refractivity contribution in [3.05, 3.63) is 26.9 Å². The average molecular weight is 356 g/mol. The topological polar surface area (TPSA) is 59.3 Å². The van der Waals surface area contributed by atoms with E-state index in [4.69, 9.17) is 0 Å². The Kier molecular flexibility index (Phi) is 4.86. The number of nitrogens with zero attached hydrogens (tertiary/aromatic N) is 3. The molecular weight excluding hydrogens is 334 g/mol. The summed E-state index contributed by atoms with van der Waals surface area (Å²) in [6.45, 7) is 8.48. The molecule has 0 aromatic carbocycles. The van der Waals surface area contributed by atoms with E-state index >= 15 is 0 Å². The summed E-state index contributed by atoms with van der Waals surface area (Å²) in [6.07, 6.45) is 4.91. The summed E-state index contributed by atoms with van der Waals surface area (Å²) in [7, 11) is 0. The van der Waals surface area contributed by atoms with Crippen molar-refractivity contribution in [2.45, 2.75) is 40.0 Å². The van der Waals surface area contributed by atoms with Crippen LogP contribution >= 0.6 is 15.9 Å². The predicted molar refractivity (Wildman–Crippen MR) is 87.6 cm³/mol. The normalized spacial score (nSPS) is 20.2. The quantitative estimate of drug-likeness (QED) is 0.582. The van der Waals surface area contributed by atoms with Crippen LogP contribution in [0.25, 0.3) is 0 Å². The van der Waals surface area contributed by atoms with E-state index in [0.717, 1.165) is 25.9 Å². The Morgan fingerprint density at radius 1 is 1.38 bits per heavy atom. The third-order valence-electron chi connectivity index (χ3n) is 4.26. The first-order valence-corrected chi connectivity index (χ1v) is 8.13. The summed E-state index contributed by atoms with van der Waals surface area (Å²) in [5.74, 6) is 1.15. The lowest BCUT2D eigenvalue weighted by molar-refractivity contribution is -0.384. The van der Waals surface area contributed by atoms with Crippen molar-refractivity contribution in [3.63, 3.8) is 0 Å². The Bertz CT molecular complexity index is 528. The van der Waals surface area contributed by atoms with Gasteiger partial charge in [0.2, 0.25) is 5.82 Å². The second kappa shape index (κ2) is 6.30. The Morgan fingerprint density at radius 3 is 2.71 bits per heavy atom. The van der Waals surface area contributed by atoms with E-state index in [9.17, 15) is 10.1 Å². The molecule has 116 valence electrons. The minimum absolute atomic E-state index is 0.0820. The molecule has 1 unspecified atom stereocenters. The number of aromatic nitrogens is 1. The van der Waals surface area contributed by atoms with Crippen LogP contribution in [-0.2, 0) is 0 Å². The Hall–Kier alpha value is -1.17. The molecule has 21 heavy (non-hydrogen) atoms. The van der Waals surface area contributed by atoms with Crippen LogP contribution in [0.1, 0.15) is 40.0 Å². The summed E-state index contributed by atoms with van der Waals surface area (Å²) < 4.78 is 0.639. The highest BCUT2D eigenvalue weighted by Gasteiger charge is 2.29. The van der Waals surface area contributed by atoms with Crippen molar-refractivity contribution >= 4 is 27.4 Å². The number of halogens is 1. The van der Waals surface area contributed by atoms with Gasteiger partial charge in [-0.3, -0.25) is 10.1 Å². The second-order valence-corrected chi connectivity index (χ2v) is 7.65. The Balaban J connectivity index is 2.22. The molecule has 0 saturated carbocycles. The highest BCUT2D eigenvalue weighted by Crippen LogP contribution is 2.36. The number of pyridine rings is 1. The second-order valence-electron chi connectivity index (χ2n) is 6.73. The van der Waals surface area contributed by atoms with Crippen LogP contribution < -0.4 is 4.90 Å². The van der Waals surface area contributed by atoms with Crippen LogP contribution in [0.3, 0.4) is 0 Å². The zero-order valence-corrected chi connectivity index (χ0v) is 14.4. The fraction of sp³-hybridized carbons (Fsp3) is 0.667. The standard InChI is InChI=1S/C15H22BrN3O2/c1-15(2,3)11-5-4-7-18(8-6-11)14-13(19(20)21)9-12(16)10-17-14/h9-11H,4-8H2,1-3H3. The number of hydrogen-bond acceptors (Lipinski definition) is 4. The maximum atomic E-state index is 11.2. The van der Waals surface area contributed by atoms with Crippen molar-refractivity contribution in [1.82, 2.24) is 4.98 Å². The van der Waals surface area contributed by atoms with Gasteiger partial charge in [-0.05, 0) is 46.5 Å². The van der Waals surface area contributed by atoms with Gasteiger partial charge in [-0.15, -0.1) is 0 Å². The molecule has 1 saturated heterocycles. The van der Waals surface area contributed by atoms with E-state index in [-0.39, 0.29) is 16.0 Å². The minimum Gasteiger partial charge on any atom is -0.351 e. The Labute approximate surface area is 134 Å². The van der Waals surface area contributed by atoms with E-state index in [1.807, 2.05) is 0 Å². The third-order valence-corrected chi connectivity index (χ3v) is 4.70. The van der Waals surface area contributed by atoms with Crippen LogP contribution in [0.4, 0.5) is 11.5 Å². The molecule has 0 bridgehead atoms. The van der Waals surface area contributed by atoms with Gasteiger partial charge < -0.3 is 4.90 Å². The molecule has 2 heterocycles. The van der Waals surface area contributed by atoms with Gasteiger partial charge in [0.15, 0.2) is 0 Å². The van der Waals surface area contributed by atoms with Crippen LogP contribution in [0.15, 0.2) is 16.7 Å². The fourth-order valence-electron chi connectivity index (χ4n) is 2.97. The molecule has 5 nitrogen and oxygen atoms in total. The van der Waals surface area contributed by atoms with Crippen LogP contribution in [0, 0.1) is 21.4 Å². The van der Waals surface area contributed by atoms with Gasteiger partial charge in [0, 0.05) is 29.8 Å². The predicted octanol–water partition coefficient (Wildman–Crippen LogP) is 4.40. The molecule has 1 aliphatic rings. The molecule has 0 spiro atoms. The van der Waals surface area contributed by atoms with Gasteiger partial charge in [0.25, 0.3) is 0 Å². The van der Waals surface area contributed by atoms with Crippen molar-refractivity contribution in [1.29, 1.82) is 0 Å². The Morgan fingerprint density at radius 2 is 2.10 bits per heavy atom. The molecule has 1 aromatic heterocycles. The molecule has 6 heteroatoms. The summed E-state index contributed by atoms with van der Waals surface area (Å²) in [4.78, 5) is 17.3. The molecule has 1 aliphatic heterocycles. The molecule has 1 aromatic rings. The lowest BCUT2D eigenvalue weighted by Gasteiger charge is -2.29. The highest BCUT2D eigenvalue weighted by atomic mass is 79.9. The lowest BCUT2D eigenvalue weighted by Crippen LogP contribution is -2.27. The zero-order chi connectivity index (χ0) is 15.6. The molecule has 0 radical (unpaired) electrons. The number of hydrogen-bond donors (Lipinski definition) is 0. The maximum absolute atomic E-state index is 11.2. The molecule has 1 fully saturated rings. The van der Waals surface area contributed by atoms with Crippen LogP contribution in [0.2, 0.25) is 0 Å². The van der Waals surface area contributed by atoms with Gasteiger partial charge >= 0.3 is 5.69 Å². The molecule has 0 N–H and O–H groups in total. The van der Waals surface area contributed by atoms with Gasteiger partial charge in [-0.2, -0.15) is 0 Å². The summed E-state index contributed by atoms with van der Waals surface area (Å²) in [5.41, 5.74) is 0.369. The summed E-state index contributed by atoms with van der Waals surface area (Å²) in [6, 6.07) is 1.54. The van der Waals surface area contributed by atoms with Gasteiger partial charge in [0.1, 0.15) is 0 Å². The summed E-state index contributed by atoms with van der Waals surface area (Å²) in [5, 5.41) is 11.2. The van der Waals surface area contributed by atoms with Crippen molar-refractivity contribution in [2.24, 2.45) is 11.3 Å². The van der Waals surface area contributed by atoms with E-state index in [1.54, 1.807) is 6.20 Å². The first-order chi connectivity index (χ1) is 9.79. The fourth-order valence-corrected chi connectivity index (χ4v) is 3.29. The number of nitro groups is 1. The van der Waals surface area contributed by atoms with Crippen LogP contribution in [-0.4, -0.2) is 23.0 Å². The highest BCUT2D eigenvalue weighted by molar-refractivity contribution is 9.10. The van der Waals surface area contributed by atoms with Crippen molar-refractivity contribution in [2.75, 3.05) is 18.0 Å². The van der Waals surface area contributed by atoms with Gasteiger partial charge in [-0.1, -0.05) is 20.8 Å². The van der Waals surface area contributed by atoms with E-state index in [1.165, 1.54) is 12.5 Å². The van der Waals surface area contributed by atoms with Crippen LogP contribution in [0.5, 0.6) is 0 Å². The largest absolute Gasteiger partial charge is 0.351 e. The van der Waals surface area contributed by atoms with E-state index < -0.39 is 0 Å². The molecule has 0 amide bonds. The molecule has 0 aliphatic carbocycles. The lowest BCUT2D eigenvalue weighted by atomic mass is 9.77. The zero-order valence-electron chi connectivity index (χ0n) is 12.8. The SMILES string of the molecule is CC(C)(C)C1CCCN(c2ncc(Br)cc2[N+](=O)[O-])CC1.